The lowest BCUT2D eigenvalue weighted by atomic mass is 9.75. The molecular formula is C35H41NO11. The van der Waals surface area contributed by atoms with Crippen LogP contribution in [0.3, 0.4) is 0 Å². The number of ketones is 3. The number of esters is 1. The molecule has 0 spiro atoms. The summed E-state index contributed by atoms with van der Waals surface area (Å²) in [5.41, 5.74) is -2.54. The van der Waals surface area contributed by atoms with Gasteiger partial charge >= 0.3 is 5.97 Å². The number of phenols is 2. The quantitative estimate of drug-likeness (QED) is 0.225. The van der Waals surface area contributed by atoms with E-state index in [9.17, 15) is 49.5 Å². The Morgan fingerprint density at radius 1 is 0.723 bits per heavy atom. The molecule has 9 atom stereocenters. The van der Waals surface area contributed by atoms with Gasteiger partial charge in [0.25, 0.3) is 5.91 Å². The van der Waals surface area contributed by atoms with Crippen LogP contribution in [0.25, 0.3) is 0 Å². The average molecular weight is 652 g/mol. The van der Waals surface area contributed by atoms with E-state index in [1.165, 1.54) is 32.9 Å². The second-order valence-corrected chi connectivity index (χ2v) is 12.9. The zero-order chi connectivity index (χ0) is 35.2. The fourth-order valence-corrected chi connectivity index (χ4v) is 6.45. The van der Waals surface area contributed by atoms with E-state index < -0.39 is 117 Å². The predicted octanol–water partition coefficient (Wildman–Crippen LogP) is 2.60. The van der Waals surface area contributed by atoms with Gasteiger partial charge in [0.2, 0.25) is 5.78 Å². The van der Waals surface area contributed by atoms with E-state index in [-0.39, 0.29) is 16.7 Å². The Morgan fingerprint density at radius 3 is 1.91 bits per heavy atom. The van der Waals surface area contributed by atoms with Gasteiger partial charge in [-0.2, -0.15) is 0 Å². The van der Waals surface area contributed by atoms with Crippen molar-refractivity contribution in [3.05, 3.63) is 69.5 Å². The molecule has 1 aromatic rings. The van der Waals surface area contributed by atoms with Crippen LogP contribution in [-0.4, -0.2) is 79.2 Å². The first-order chi connectivity index (χ1) is 21.9. The Bertz CT molecular complexity index is 1670. The van der Waals surface area contributed by atoms with E-state index >= 15 is 0 Å². The normalized spacial score (nSPS) is 35.3. The monoisotopic (exact) mass is 651 g/mol. The number of allylic oxidation sites excluding steroid dienone is 5. The first-order valence-corrected chi connectivity index (χ1v) is 15.4. The van der Waals surface area contributed by atoms with Crippen molar-refractivity contribution in [3.8, 4) is 11.5 Å². The molecule has 0 saturated carbocycles. The van der Waals surface area contributed by atoms with Gasteiger partial charge in [-0.3, -0.25) is 24.0 Å². The standard InChI is InChI=1S/C35H41NO11/c1-13-9-8-10-14(2)34(45)36-21-12-22(37)23-24(30(42)17(5)31(43)25(23)32(21)44)27(39)15(3)11-20-29(41)19(7)33(47-35(20)46)18(6)28(40)16(4)26(13)38/h8-13,16,18-20,26,28-29,33,38,40-43H,1-7H3,(H,36,45)/b9-8+,14-10-,15-11-/t13-,16+,18-,19?,20?,26-,28-,29?,33?/m0/s1. The summed E-state index contributed by atoms with van der Waals surface area (Å²) < 4.78 is 5.70. The van der Waals surface area contributed by atoms with Crippen LogP contribution in [0.5, 0.6) is 11.5 Å². The number of ether oxygens (including phenoxy) is 1. The molecule has 12 nitrogen and oxygen atoms in total. The Kier molecular flexibility index (Phi) is 10.1. The van der Waals surface area contributed by atoms with Crippen molar-refractivity contribution < 1.29 is 54.2 Å². The van der Waals surface area contributed by atoms with Crippen molar-refractivity contribution in [1.82, 2.24) is 5.32 Å². The zero-order valence-corrected chi connectivity index (χ0v) is 27.3. The predicted molar refractivity (Wildman–Crippen MR) is 168 cm³/mol. The minimum atomic E-state index is -1.36. The van der Waals surface area contributed by atoms with Crippen LogP contribution in [0.1, 0.15) is 78.2 Å². The lowest BCUT2D eigenvalue weighted by Crippen LogP contribution is -2.53. The van der Waals surface area contributed by atoms with Crippen LogP contribution < -0.4 is 5.32 Å². The third-order valence-electron chi connectivity index (χ3n) is 9.68. The highest BCUT2D eigenvalue weighted by Gasteiger charge is 2.47. The molecule has 7 rings (SSSR count). The highest BCUT2D eigenvalue weighted by Crippen LogP contribution is 2.42. The summed E-state index contributed by atoms with van der Waals surface area (Å²) in [5, 5.41) is 57.6. The number of aliphatic hydroxyl groups is 3. The van der Waals surface area contributed by atoms with Crippen molar-refractivity contribution in [3.63, 3.8) is 0 Å². The zero-order valence-electron chi connectivity index (χ0n) is 27.3. The van der Waals surface area contributed by atoms with Crippen molar-refractivity contribution in [2.24, 2.45) is 29.6 Å². The number of benzene rings is 1. The smallest absolute Gasteiger partial charge is 0.315 e. The number of hydrogen-bond acceptors (Lipinski definition) is 11. The van der Waals surface area contributed by atoms with Gasteiger partial charge in [-0.05, 0) is 26.3 Å². The molecule has 6 aliphatic rings. The second kappa shape index (κ2) is 13.4. The van der Waals surface area contributed by atoms with Gasteiger partial charge in [-0.15, -0.1) is 0 Å². The van der Waals surface area contributed by atoms with E-state index in [0.29, 0.717) is 0 Å². The van der Waals surface area contributed by atoms with Gasteiger partial charge < -0.3 is 35.6 Å². The maximum absolute atomic E-state index is 13.8. The maximum atomic E-state index is 13.8. The molecule has 0 radical (unpaired) electrons. The number of carbonyl (C=O) groups excluding carboxylic acids is 5. The Balaban J connectivity index is 1.88. The van der Waals surface area contributed by atoms with Gasteiger partial charge in [0, 0.05) is 40.9 Å². The van der Waals surface area contributed by atoms with Crippen LogP contribution in [0.15, 0.2) is 47.2 Å². The highest BCUT2D eigenvalue weighted by molar-refractivity contribution is 6.31. The maximum Gasteiger partial charge on any atom is 0.315 e. The van der Waals surface area contributed by atoms with Crippen LogP contribution >= 0.6 is 0 Å². The van der Waals surface area contributed by atoms with Gasteiger partial charge in [0.05, 0.1) is 40.7 Å². The van der Waals surface area contributed by atoms with Crippen LogP contribution in [-0.2, 0) is 14.3 Å². The second-order valence-electron chi connectivity index (χ2n) is 12.9. The highest BCUT2D eigenvalue weighted by atomic mass is 16.6. The van der Waals surface area contributed by atoms with Crippen LogP contribution in [0.4, 0.5) is 0 Å². The molecule has 5 aliphatic heterocycles. The third-order valence-corrected chi connectivity index (χ3v) is 9.68. The van der Waals surface area contributed by atoms with E-state index in [0.717, 1.165) is 12.2 Å². The third kappa shape index (κ3) is 6.32. The Labute approximate surface area is 272 Å². The molecule has 4 unspecified atom stereocenters. The van der Waals surface area contributed by atoms with Gasteiger partial charge in [-0.1, -0.05) is 52.0 Å². The van der Waals surface area contributed by atoms with Crippen molar-refractivity contribution >= 4 is 29.2 Å². The van der Waals surface area contributed by atoms with Crippen molar-refractivity contribution in [1.29, 1.82) is 0 Å². The fraction of sp³-hybridized carbons (Fsp3) is 0.457. The summed E-state index contributed by atoms with van der Waals surface area (Å²) in [5.74, 6) is -9.98. The largest absolute Gasteiger partial charge is 0.507 e. The molecule has 1 saturated heterocycles. The molecule has 1 aliphatic carbocycles. The van der Waals surface area contributed by atoms with E-state index in [4.69, 9.17) is 4.74 Å². The molecule has 0 aromatic heterocycles. The summed E-state index contributed by atoms with van der Waals surface area (Å²) in [7, 11) is 0. The van der Waals surface area contributed by atoms with E-state index in [1.807, 2.05) is 0 Å². The first kappa shape index (κ1) is 35.5. The summed E-state index contributed by atoms with van der Waals surface area (Å²) in [6.07, 6.45) is 2.00. The molecule has 6 N–H and O–H groups in total. The van der Waals surface area contributed by atoms with Crippen LogP contribution in [0, 0.1) is 36.5 Å². The minimum Gasteiger partial charge on any atom is -0.507 e. The molecule has 1 amide bonds. The number of aromatic hydroxyl groups is 2. The first-order valence-electron chi connectivity index (χ1n) is 15.4. The number of aliphatic hydroxyl groups excluding tert-OH is 3. The summed E-state index contributed by atoms with van der Waals surface area (Å²) in [6, 6.07) is 0. The summed E-state index contributed by atoms with van der Waals surface area (Å²) >= 11 is 0. The minimum absolute atomic E-state index is 0.128. The van der Waals surface area contributed by atoms with Gasteiger partial charge in [0.1, 0.15) is 23.5 Å². The molecule has 1 aromatic carbocycles. The number of nitrogens with one attached hydrogen (secondary N) is 1. The number of hydrogen-bond donors (Lipinski definition) is 6. The number of amides is 1. The molecule has 12 heteroatoms. The number of rotatable bonds is 0. The summed E-state index contributed by atoms with van der Waals surface area (Å²) in [6.45, 7) is 10.6. The number of phenolic OH excluding ortho intramolecular Hbond substituents is 2. The molecular weight excluding hydrogens is 610 g/mol. The molecule has 6 bridgehead atoms. The lowest BCUT2D eigenvalue weighted by molar-refractivity contribution is -0.186. The average Bonchev–Trinajstić information content (AvgIpc) is 3.03. The Morgan fingerprint density at radius 2 is 1.30 bits per heavy atom. The van der Waals surface area contributed by atoms with E-state index in [2.05, 4.69) is 5.32 Å². The van der Waals surface area contributed by atoms with Crippen molar-refractivity contribution in [2.75, 3.05) is 0 Å². The molecule has 47 heavy (non-hydrogen) atoms. The fourth-order valence-electron chi connectivity index (χ4n) is 6.45. The van der Waals surface area contributed by atoms with Crippen LogP contribution in [0.2, 0.25) is 0 Å². The van der Waals surface area contributed by atoms with Crippen molar-refractivity contribution in [2.45, 2.75) is 72.9 Å². The van der Waals surface area contributed by atoms with Gasteiger partial charge in [-0.25, -0.2) is 0 Å². The number of Topliss-reactive ketones (excluding diaryl/α,β-unsaturated/α-hetero) is 2. The van der Waals surface area contributed by atoms with E-state index in [1.54, 1.807) is 33.8 Å². The number of carbonyl (C=O) groups is 5. The molecule has 5 heterocycles. The topological polar surface area (TPSA) is 208 Å². The van der Waals surface area contributed by atoms with Gasteiger partial charge in [0.15, 0.2) is 11.6 Å². The molecule has 1 fully saturated rings. The summed E-state index contributed by atoms with van der Waals surface area (Å²) in [4.78, 5) is 66.9. The SMILES string of the molecule is C/C1=C/C=C/[C@H](C)[C@H](O)[C@@H](C)[C@H](O)[C@H](C)C2OC(=O)C(/C=C(/C)C(=O)c3c(O)c(C)c(O)c4c3C(=O)C=C(NC1=O)C4=O)C(O)C2C. The molecule has 252 valence electrons. The Hall–Kier alpha value is -4.39. The lowest BCUT2D eigenvalue weighted by Gasteiger charge is -2.42.